The summed E-state index contributed by atoms with van der Waals surface area (Å²) in [5.74, 6) is 0.731. The minimum Gasteiger partial charge on any atom is -0.299 e. The minimum absolute atomic E-state index is 0.186. The molecule has 1 nitrogen and oxygen atoms in total. The smallest absolute Gasteiger partial charge is 0.139 e. The molecule has 7 heavy (non-hydrogen) atoms. The summed E-state index contributed by atoms with van der Waals surface area (Å²) in [7, 11) is 0. The molecule has 0 bridgehead atoms. The third-order valence-electron chi connectivity index (χ3n) is 0.382. The third kappa shape index (κ3) is 6.31. The normalized spacial score (nSPS) is 8.86. The second kappa shape index (κ2) is 4.47. The van der Waals surface area contributed by atoms with Crippen LogP contribution in [-0.4, -0.2) is 16.7 Å². The van der Waals surface area contributed by atoms with E-state index in [2.05, 4.69) is 0 Å². The van der Waals surface area contributed by atoms with Crippen LogP contribution in [0.2, 0.25) is 0 Å². The molecule has 0 aliphatic rings. The van der Waals surface area contributed by atoms with E-state index in [1.54, 1.807) is 6.92 Å². The monoisotopic (exact) mass is 138 g/mol. The Kier molecular flexibility index (Phi) is 4.67. The van der Waals surface area contributed by atoms with Gasteiger partial charge in [-0.1, -0.05) is 0 Å². The first-order valence-corrected chi connectivity index (χ1v) is 3.59. The zero-order chi connectivity index (χ0) is 5.70. The van der Waals surface area contributed by atoms with Crippen LogP contribution >= 0.6 is 23.4 Å². The summed E-state index contributed by atoms with van der Waals surface area (Å²) in [4.78, 5) is 10.1. The van der Waals surface area contributed by atoms with Gasteiger partial charge in [-0.3, -0.25) is 4.79 Å². The molecule has 0 aromatic carbocycles. The maximum atomic E-state index is 10.1. The fourth-order valence-electron chi connectivity index (χ4n) is 0.182. The van der Waals surface area contributed by atoms with Crippen molar-refractivity contribution in [3.05, 3.63) is 0 Å². The summed E-state index contributed by atoms with van der Waals surface area (Å²) in [6.07, 6.45) is 0. The van der Waals surface area contributed by atoms with E-state index in [9.17, 15) is 4.79 Å². The number of halogens is 1. The predicted octanol–water partition coefficient (Wildman–Crippen LogP) is 1.50. The number of carbonyl (C=O) groups is 1. The zero-order valence-corrected chi connectivity index (χ0v) is 5.68. The molecular formula is C4H7ClOS. The number of alkyl halides is 1. The second-order valence-corrected chi connectivity index (χ2v) is 2.73. The van der Waals surface area contributed by atoms with Gasteiger partial charge in [-0.15, -0.1) is 23.4 Å². The Labute approximate surface area is 52.4 Å². The Bertz CT molecular complexity index is 64.7. The number of thioether (sulfide) groups is 1. The van der Waals surface area contributed by atoms with Crippen LogP contribution in [0.3, 0.4) is 0 Å². The molecule has 0 aromatic rings. The molecule has 0 saturated heterocycles. The lowest BCUT2D eigenvalue weighted by Gasteiger charge is -1.85. The van der Waals surface area contributed by atoms with Crippen LogP contribution < -0.4 is 0 Å². The molecule has 0 aromatic heterocycles. The summed E-state index contributed by atoms with van der Waals surface area (Å²) in [6, 6.07) is 0. The second-order valence-electron chi connectivity index (χ2n) is 1.16. The van der Waals surface area contributed by atoms with E-state index in [0.29, 0.717) is 11.0 Å². The third-order valence-corrected chi connectivity index (χ3v) is 1.61. The van der Waals surface area contributed by atoms with Crippen molar-refractivity contribution in [3.8, 4) is 0 Å². The van der Waals surface area contributed by atoms with Crippen molar-refractivity contribution in [2.75, 3.05) is 11.0 Å². The minimum atomic E-state index is 0.186. The van der Waals surface area contributed by atoms with Gasteiger partial charge in [0, 0.05) is 0 Å². The highest BCUT2D eigenvalue weighted by Gasteiger charge is 1.88. The zero-order valence-electron chi connectivity index (χ0n) is 4.11. The quantitative estimate of drug-likeness (QED) is 0.550. The molecule has 0 rings (SSSR count). The molecule has 42 valence electrons. The van der Waals surface area contributed by atoms with Crippen molar-refractivity contribution in [3.63, 3.8) is 0 Å². The number of hydrogen-bond donors (Lipinski definition) is 0. The van der Waals surface area contributed by atoms with E-state index in [1.165, 1.54) is 11.8 Å². The largest absolute Gasteiger partial charge is 0.299 e. The Hall–Kier alpha value is 0.310. The first kappa shape index (κ1) is 7.31. The van der Waals surface area contributed by atoms with Gasteiger partial charge in [0.1, 0.15) is 5.78 Å². The fraction of sp³-hybridized carbons (Fsp3) is 0.750. The molecule has 3 heteroatoms. The van der Waals surface area contributed by atoms with Crippen LogP contribution in [0.25, 0.3) is 0 Å². The standard InChI is InChI=1S/C4H7ClOS/c1-4(6)2-7-3-5/h2-3H2,1H3. The van der Waals surface area contributed by atoms with Crippen LogP contribution in [0.5, 0.6) is 0 Å². The van der Waals surface area contributed by atoms with E-state index in [1.807, 2.05) is 0 Å². The van der Waals surface area contributed by atoms with Gasteiger partial charge in [0.25, 0.3) is 0 Å². The van der Waals surface area contributed by atoms with Gasteiger partial charge in [0.2, 0.25) is 0 Å². The van der Waals surface area contributed by atoms with Gasteiger partial charge in [-0.05, 0) is 6.92 Å². The Morgan fingerprint density at radius 2 is 2.43 bits per heavy atom. The van der Waals surface area contributed by atoms with Crippen molar-refractivity contribution in [1.82, 2.24) is 0 Å². The van der Waals surface area contributed by atoms with Crippen molar-refractivity contribution >= 4 is 29.1 Å². The number of carbonyl (C=O) groups excluding carboxylic acids is 1. The number of Topliss-reactive ketones (excluding diaryl/α,β-unsaturated/α-hetero) is 1. The summed E-state index contributed by atoms with van der Waals surface area (Å²) >= 11 is 6.69. The molecule has 0 radical (unpaired) electrons. The van der Waals surface area contributed by atoms with Gasteiger partial charge in [0.15, 0.2) is 0 Å². The van der Waals surface area contributed by atoms with Crippen molar-refractivity contribution in [1.29, 1.82) is 0 Å². The molecule has 0 spiro atoms. The molecule has 0 aliphatic carbocycles. The van der Waals surface area contributed by atoms with Crippen LogP contribution in [0.4, 0.5) is 0 Å². The summed E-state index contributed by atoms with van der Waals surface area (Å²) in [5, 5.41) is 0.513. The Balaban J connectivity index is 2.82. The highest BCUT2D eigenvalue weighted by Crippen LogP contribution is 2.00. The van der Waals surface area contributed by atoms with Crippen molar-refractivity contribution in [2.24, 2.45) is 0 Å². The predicted molar refractivity (Wildman–Crippen MR) is 33.9 cm³/mol. The SMILES string of the molecule is CC(=O)CSCCl. The molecule has 0 N–H and O–H groups in total. The lowest BCUT2D eigenvalue weighted by atomic mass is 10.5. The van der Waals surface area contributed by atoms with Crippen LogP contribution in [0.15, 0.2) is 0 Å². The number of hydrogen-bond acceptors (Lipinski definition) is 2. The van der Waals surface area contributed by atoms with E-state index < -0.39 is 0 Å². The average molecular weight is 139 g/mol. The average Bonchev–Trinajstić information content (AvgIpc) is 1.61. The molecule has 0 unspecified atom stereocenters. The molecule has 0 aliphatic heterocycles. The molecule has 0 saturated carbocycles. The van der Waals surface area contributed by atoms with Crippen LogP contribution in [0.1, 0.15) is 6.92 Å². The van der Waals surface area contributed by atoms with Crippen LogP contribution in [-0.2, 0) is 4.79 Å². The van der Waals surface area contributed by atoms with Gasteiger partial charge in [0.05, 0.1) is 11.0 Å². The Morgan fingerprint density at radius 3 is 2.57 bits per heavy atom. The summed E-state index contributed by atoms with van der Waals surface area (Å²) < 4.78 is 0. The maximum absolute atomic E-state index is 10.1. The Morgan fingerprint density at radius 1 is 1.86 bits per heavy atom. The van der Waals surface area contributed by atoms with Crippen molar-refractivity contribution in [2.45, 2.75) is 6.92 Å². The van der Waals surface area contributed by atoms with Crippen molar-refractivity contribution < 1.29 is 4.79 Å². The van der Waals surface area contributed by atoms with E-state index >= 15 is 0 Å². The van der Waals surface area contributed by atoms with Gasteiger partial charge < -0.3 is 0 Å². The molecular weight excluding hydrogens is 132 g/mol. The van der Waals surface area contributed by atoms with Gasteiger partial charge >= 0.3 is 0 Å². The fourth-order valence-corrected chi connectivity index (χ4v) is 0.778. The summed E-state index contributed by atoms with van der Waals surface area (Å²) in [6.45, 7) is 1.56. The van der Waals surface area contributed by atoms with Gasteiger partial charge in [-0.25, -0.2) is 0 Å². The molecule has 0 heterocycles. The topological polar surface area (TPSA) is 17.1 Å². The van der Waals surface area contributed by atoms with Gasteiger partial charge in [-0.2, -0.15) is 0 Å². The molecule has 0 atom stereocenters. The van der Waals surface area contributed by atoms with E-state index in [0.717, 1.165) is 0 Å². The first-order valence-electron chi connectivity index (χ1n) is 1.90. The molecule has 0 fully saturated rings. The summed E-state index contributed by atoms with van der Waals surface area (Å²) in [5.41, 5.74) is 0. The first-order chi connectivity index (χ1) is 3.27. The number of rotatable bonds is 3. The number of ketones is 1. The highest BCUT2D eigenvalue weighted by molar-refractivity contribution is 8.01. The van der Waals surface area contributed by atoms with E-state index in [4.69, 9.17) is 11.6 Å². The van der Waals surface area contributed by atoms with Crippen LogP contribution in [0, 0.1) is 0 Å². The lowest BCUT2D eigenvalue weighted by Crippen LogP contribution is -1.91. The lowest BCUT2D eigenvalue weighted by molar-refractivity contribution is -0.114. The molecule has 0 amide bonds. The van der Waals surface area contributed by atoms with E-state index in [-0.39, 0.29) is 5.78 Å². The highest BCUT2D eigenvalue weighted by atomic mass is 35.5. The maximum Gasteiger partial charge on any atom is 0.139 e.